The summed E-state index contributed by atoms with van der Waals surface area (Å²) < 4.78 is 4.84. The highest BCUT2D eigenvalue weighted by Crippen LogP contribution is 2.23. The van der Waals surface area contributed by atoms with Crippen molar-refractivity contribution in [2.45, 2.75) is 25.4 Å². The number of aliphatic carboxylic acids is 1. The van der Waals surface area contributed by atoms with Crippen LogP contribution in [0.2, 0.25) is 5.02 Å². The van der Waals surface area contributed by atoms with Crippen LogP contribution in [0.1, 0.15) is 12.5 Å². The van der Waals surface area contributed by atoms with E-state index in [1.54, 1.807) is 6.07 Å². The van der Waals surface area contributed by atoms with Crippen molar-refractivity contribution in [2.75, 3.05) is 5.32 Å². The number of anilines is 1. The zero-order chi connectivity index (χ0) is 21.7. The lowest BCUT2D eigenvalue weighted by atomic mass is 10.00. The quantitative estimate of drug-likeness (QED) is 0.436. The van der Waals surface area contributed by atoms with Gasteiger partial charge >= 0.3 is 5.97 Å². The Bertz CT molecular complexity index is 1090. The number of rotatable bonds is 8. The first kappa shape index (κ1) is 21.4. The summed E-state index contributed by atoms with van der Waals surface area (Å²) in [6, 6.07) is 14.3. The molecule has 4 N–H and O–H groups in total. The summed E-state index contributed by atoms with van der Waals surface area (Å²) in [5.74, 6) is -1.65. The second-order valence-electron chi connectivity index (χ2n) is 6.76. The van der Waals surface area contributed by atoms with Crippen molar-refractivity contribution in [1.29, 1.82) is 0 Å². The van der Waals surface area contributed by atoms with Gasteiger partial charge in [-0.15, -0.1) is 0 Å². The van der Waals surface area contributed by atoms with Crippen molar-refractivity contribution in [3.63, 3.8) is 0 Å². The van der Waals surface area contributed by atoms with E-state index in [1.807, 2.05) is 42.5 Å². The second kappa shape index (κ2) is 9.43. The van der Waals surface area contributed by atoms with Gasteiger partial charge in [-0.1, -0.05) is 48.0 Å². The lowest BCUT2D eigenvalue weighted by molar-refractivity contribution is -0.139. The number of hydrogen-bond donors (Lipinski definition) is 4. The minimum absolute atomic E-state index is 0.0453. The van der Waals surface area contributed by atoms with Crippen LogP contribution in [0.3, 0.4) is 0 Å². The van der Waals surface area contributed by atoms with E-state index in [0.717, 1.165) is 22.8 Å². The van der Waals surface area contributed by atoms with Crippen molar-refractivity contribution in [2.24, 2.45) is 0 Å². The zero-order valence-corrected chi connectivity index (χ0v) is 16.8. The Morgan fingerprint density at radius 3 is 2.47 bits per heavy atom. The molecule has 9 heteroatoms. The molecule has 8 nitrogen and oxygen atoms in total. The van der Waals surface area contributed by atoms with Crippen molar-refractivity contribution >= 4 is 29.4 Å². The molecule has 0 saturated heterocycles. The highest BCUT2D eigenvalue weighted by molar-refractivity contribution is 6.30. The summed E-state index contributed by atoms with van der Waals surface area (Å²) >= 11 is 6.04. The molecule has 0 aliphatic carbocycles. The average molecular weight is 430 g/mol. The first-order chi connectivity index (χ1) is 14.3. The maximum atomic E-state index is 12.7. The van der Waals surface area contributed by atoms with Crippen LogP contribution in [0.5, 0.6) is 0 Å². The number of carboxylic acids is 1. The lowest BCUT2D eigenvalue weighted by Gasteiger charge is -2.20. The summed E-state index contributed by atoms with van der Waals surface area (Å²) in [4.78, 5) is 35.1. The van der Waals surface area contributed by atoms with Gasteiger partial charge in [-0.25, -0.2) is 0 Å². The minimum atomic E-state index is -1.09. The molecular formula is C21H20ClN3O5. The first-order valence-electron chi connectivity index (χ1n) is 9.15. The van der Waals surface area contributed by atoms with Gasteiger partial charge in [-0.2, -0.15) is 5.16 Å². The highest BCUT2D eigenvalue weighted by atomic mass is 35.5. The van der Waals surface area contributed by atoms with Crippen LogP contribution in [0.15, 0.2) is 63.9 Å². The predicted molar refractivity (Wildman–Crippen MR) is 113 cm³/mol. The van der Waals surface area contributed by atoms with Crippen LogP contribution in [-0.2, 0) is 16.0 Å². The number of halogens is 1. The van der Waals surface area contributed by atoms with Gasteiger partial charge in [0.15, 0.2) is 0 Å². The molecule has 0 fully saturated rings. The lowest BCUT2D eigenvalue weighted by Crippen LogP contribution is -2.48. The summed E-state index contributed by atoms with van der Waals surface area (Å²) in [5, 5.41) is 17.2. The SMILES string of the molecule is CC(N[C@@H](Cc1ccc(-c2cccc(Cl)c2)cc1)C(=O)Nc1cc(=O)[nH]o1)C(=O)O. The van der Waals surface area contributed by atoms with Crippen molar-refractivity contribution in [1.82, 2.24) is 10.5 Å². The Morgan fingerprint density at radius 2 is 1.87 bits per heavy atom. The Labute approximate surface area is 176 Å². The third-order valence-electron chi connectivity index (χ3n) is 4.46. The normalized spacial score (nSPS) is 12.9. The number of aromatic amines is 1. The average Bonchev–Trinajstić information content (AvgIpc) is 3.12. The zero-order valence-electron chi connectivity index (χ0n) is 16.0. The number of amides is 1. The van der Waals surface area contributed by atoms with Gasteiger partial charge in [-0.3, -0.25) is 25.0 Å². The topological polar surface area (TPSA) is 124 Å². The monoisotopic (exact) mass is 429 g/mol. The molecule has 3 rings (SSSR count). The van der Waals surface area contributed by atoms with Gasteiger partial charge in [0.2, 0.25) is 11.8 Å². The van der Waals surface area contributed by atoms with E-state index in [-0.39, 0.29) is 12.3 Å². The summed E-state index contributed by atoms with van der Waals surface area (Å²) in [5.41, 5.74) is 2.25. The van der Waals surface area contributed by atoms with Crippen LogP contribution in [-0.4, -0.2) is 34.2 Å². The molecule has 2 aromatic carbocycles. The molecule has 0 spiro atoms. The van der Waals surface area contributed by atoms with Crippen LogP contribution in [0.4, 0.5) is 5.88 Å². The fourth-order valence-electron chi connectivity index (χ4n) is 2.89. The largest absolute Gasteiger partial charge is 0.480 e. The number of aromatic nitrogens is 1. The predicted octanol–water partition coefficient (Wildman–Crippen LogP) is 2.90. The first-order valence-corrected chi connectivity index (χ1v) is 9.53. The number of carboxylic acid groups (broad SMARTS) is 1. The van der Waals surface area contributed by atoms with E-state index in [4.69, 9.17) is 16.1 Å². The Hall–Kier alpha value is -3.36. The van der Waals surface area contributed by atoms with E-state index < -0.39 is 29.5 Å². The van der Waals surface area contributed by atoms with E-state index in [0.29, 0.717) is 5.02 Å². The second-order valence-corrected chi connectivity index (χ2v) is 7.19. The molecule has 1 unspecified atom stereocenters. The van der Waals surface area contributed by atoms with Gasteiger partial charge in [0.05, 0.1) is 12.1 Å². The Balaban J connectivity index is 1.76. The summed E-state index contributed by atoms with van der Waals surface area (Å²) in [6.07, 6.45) is 0.230. The van der Waals surface area contributed by atoms with Gasteiger partial charge in [0.25, 0.3) is 5.56 Å². The maximum absolute atomic E-state index is 12.7. The molecule has 0 saturated carbocycles. The van der Waals surface area contributed by atoms with Crippen molar-refractivity contribution < 1.29 is 19.2 Å². The number of benzene rings is 2. The Kier molecular flexibility index (Phi) is 6.71. The molecular weight excluding hydrogens is 410 g/mol. The van der Waals surface area contributed by atoms with Crippen LogP contribution in [0, 0.1) is 0 Å². The molecule has 0 aliphatic heterocycles. The minimum Gasteiger partial charge on any atom is -0.480 e. The third kappa shape index (κ3) is 5.59. The van der Waals surface area contributed by atoms with E-state index >= 15 is 0 Å². The van der Waals surface area contributed by atoms with Gasteiger partial charge in [0.1, 0.15) is 6.04 Å². The van der Waals surface area contributed by atoms with Gasteiger partial charge < -0.3 is 9.63 Å². The smallest absolute Gasteiger partial charge is 0.320 e. The van der Waals surface area contributed by atoms with E-state index in [1.165, 1.54) is 6.92 Å². The number of carbonyl (C=O) groups excluding carboxylic acids is 1. The molecule has 0 aliphatic rings. The fourth-order valence-corrected chi connectivity index (χ4v) is 3.08. The Morgan fingerprint density at radius 1 is 1.13 bits per heavy atom. The molecule has 3 aromatic rings. The van der Waals surface area contributed by atoms with E-state index in [2.05, 4.69) is 15.8 Å². The fraction of sp³-hybridized carbons (Fsp3) is 0.190. The summed E-state index contributed by atoms with van der Waals surface area (Å²) in [7, 11) is 0. The number of nitrogens with one attached hydrogen (secondary N) is 3. The standard InChI is InChI=1S/C21H20ClN3O5/c1-12(21(28)29)23-17(20(27)24-19-11-18(26)25-30-19)9-13-5-7-14(8-6-13)15-3-2-4-16(22)10-15/h2-8,10-12,17,23H,9H2,1H3,(H,24,27)(H,25,26)(H,28,29)/t12?,17-/m0/s1. The van der Waals surface area contributed by atoms with Crippen molar-refractivity contribution in [3.05, 3.63) is 75.5 Å². The highest BCUT2D eigenvalue weighted by Gasteiger charge is 2.24. The number of hydrogen-bond acceptors (Lipinski definition) is 5. The van der Waals surface area contributed by atoms with Crippen LogP contribution in [0.25, 0.3) is 11.1 Å². The third-order valence-corrected chi connectivity index (χ3v) is 4.70. The molecule has 30 heavy (non-hydrogen) atoms. The summed E-state index contributed by atoms with van der Waals surface area (Å²) in [6.45, 7) is 1.45. The maximum Gasteiger partial charge on any atom is 0.320 e. The molecule has 0 radical (unpaired) electrons. The number of carbonyl (C=O) groups is 2. The van der Waals surface area contributed by atoms with E-state index in [9.17, 15) is 19.5 Å². The molecule has 0 bridgehead atoms. The van der Waals surface area contributed by atoms with Crippen LogP contribution >= 0.6 is 11.6 Å². The number of H-pyrrole nitrogens is 1. The molecule has 1 amide bonds. The molecule has 1 heterocycles. The molecule has 2 atom stereocenters. The van der Waals surface area contributed by atoms with Crippen molar-refractivity contribution in [3.8, 4) is 11.1 Å². The van der Waals surface area contributed by atoms with Gasteiger partial charge in [0, 0.05) is 5.02 Å². The van der Waals surface area contributed by atoms with Crippen LogP contribution < -0.4 is 16.2 Å². The molecule has 1 aromatic heterocycles. The van der Waals surface area contributed by atoms with Gasteiger partial charge in [-0.05, 0) is 42.2 Å². The molecule has 156 valence electrons.